The first-order chi connectivity index (χ1) is 16.8. The van der Waals surface area contributed by atoms with E-state index in [1.165, 1.54) is 12.2 Å². The lowest BCUT2D eigenvalue weighted by atomic mass is 9.44. The maximum absolute atomic E-state index is 17.4. The van der Waals surface area contributed by atoms with Crippen LogP contribution in [0.15, 0.2) is 23.8 Å². The largest absolute Gasteiger partial charge is 0.450 e. The van der Waals surface area contributed by atoms with E-state index in [-0.39, 0.29) is 18.1 Å². The molecule has 8 atom stereocenters. The number of allylic oxidation sites excluding steroid dienone is 4. The molecule has 7 heteroatoms. The van der Waals surface area contributed by atoms with Crippen LogP contribution in [0.1, 0.15) is 81.1 Å². The SMILES string of the molecule is CC1CC2C3CCC4=CC(=O)C=CC4(C)C3(F)C(O)CC2(C)C1(OC(=O)C(C)(C)C(C)(C)C)C(=O)CO. The van der Waals surface area contributed by atoms with Gasteiger partial charge in [-0.15, -0.1) is 0 Å². The number of fused-ring (bicyclic) bond motifs is 5. The molecule has 0 spiro atoms. The molecule has 0 saturated heterocycles. The highest BCUT2D eigenvalue weighted by atomic mass is 19.1. The highest BCUT2D eigenvalue weighted by molar-refractivity contribution is 6.01. The number of hydrogen-bond acceptors (Lipinski definition) is 6. The second-order valence-corrected chi connectivity index (χ2v) is 14.0. The van der Waals surface area contributed by atoms with Gasteiger partial charge in [0.2, 0.25) is 5.78 Å². The zero-order valence-corrected chi connectivity index (χ0v) is 23.5. The van der Waals surface area contributed by atoms with Gasteiger partial charge in [-0.25, -0.2) is 4.39 Å². The number of rotatable bonds is 4. The van der Waals surface area contributed by atoms with Crippen LogP contribution in [0.5, 0.6) is 0 Å². The van der Waals surface area contributed by atoms with Crippen LogP contribution in [-0.2, 0) is 19.1 Å². The summed E-state index contributed by atoms with van der Waals surface area (Å²) in [7, 11) is 0. The van der Waals surface area contributed by atoms with Crippen molar-refractivity contribution in [2.75, 3.05) is 6.61 Å². The summed E-state index contributed by atoms with van der Waals surface area (Å²) in [6, 6.07) is 0. The van der Waals surface area contributed by atoms with Crippen molar-refractivity contribution in [1.82, 2.24) is 0 Å². The summed E-state index contributed by atoms with van der Waals surface area (Å²) in [6.07, 6.45) is 4.24. The molecule has 0 aliphatic heterocycles. The molecule has 206 valence electrons. The normalized spacial score (nSPS) is 43.4. The molecule has 4 rings (SSSR count). The van der Waals surface area contributed by atoms with Crippen LogP contribution < -0.4 is 0 Å². The van der Waals surface area contributed by atoms with Crippen LogP contribution in [0.3, 0.4) is 0 Å². The lowest BCUT2D eigenvalue weighted by molar-refractivity contribution is -0.233. The number of ether oxygens (including phenoxy) is 1. The average Bonchev–Trinajstić information content (AvgIpc) is 3.01. The van der Waals surface area contributed by atoms with Gasteiger partial charge in [-0.3, -0.25) is 14.4 Å². The first-order valence-electron chi connectivity index (χ1n) is 13.5. The van der Waals surface area contributed by atoms with Gasteiger partial charge in [0.25, 0.3) is 0 Å². The third-order valence-electron chi connectivity index (χ3n) is 11.4. The number of aliphatic hydroxyl groups excluding tert-OH is 2. The van der Waals surface area contributed by atoms with Gasteiger partial charge in [0.15, 0.2) is 17.1 Å². The molecule has 0 amide bonds. The summed E-state index contributed by atoms with van der Waals surface area (Å²) in [5.74, 6) is -2.80. The number of hydrogen-bond donors (Lipinski definition) is 2. The van der Waals surface area contributed by atoms with Crippen LogP contribution >= 0.6 is 0 Å². The fraction of sp³-hybridized carbons (Fsp3) is 0.767. The maximum atomic E-state index is 17.4. The van der Waals surface area contributed by atoms with E-state index in [4.69, 9.17) is 4.74 Å². The second-order valence-electron chi connectivity index (χ2n) is 14.0. The molecule has 2 N–H and O–H groups in total. The quantitative estimate of drug-likeness (QED) is 0.531. The van der Waals surface area contributed by atoms with Crippen molar-refractivity contribution >= 4 is 17.5 Å². The smallest absolute Gasteiger partial charge is 0.313 e. The number of alkyl halides is 1. The molecule has 0 heterocycles. The minimum absolute atomic E-state index is 0.103. The molecule has 0 bridgehead atoms. The van der Waals surface area contributed by atoms with Crippen molar-refractivity contribution in [2.45, 2.75) is 98.4 Å². The highest BCUT2D eigenvalue weighted by Gasteiger charge is 2.77. The number of esters is 1. The van der Waals surface area contributed by atoms with Gasteiger partial charge < -0.3 is 14.9 Å². The lowest BCUT2D eigenvalue weighted by Crippen LogP contribution is -2.70. The lowest BCUT2D eigenvalue weighted by Gasteiger charge is -2.63. The topological polar surface area (TPSA) is 101 Å². The summed E-state index contributed by atoms with van der Waals surface area (Å²) in [5.41, 5.74) is -6.70. The van der Waals surface area contributed by atoms with Gasteiger partial charge in [0.1, 0.15) is 6.61 Å². The van der Waals surface area contributed by atoms with E-state index >= 15 is 4.39 Å². The van der Waals surface area contributed by atoms with E-state index in [9.17, 15) is 24.6 Å². The van der Waals surface area contributed by atoms with E-state index in [0.29, 0.717) is 24.8 Å². The van der Waals surface area contributed by atoms with Gasteiger partial charge in [-0.1, -0.05) is 46.3 Å². The molecule has 4 aliphatic carbocycles. The van der Waals surface area contributed by atoms with Crippen molar-refractivity contribution in [1.29, 1.82) is 0 Å². The Kier molecular flexibility index (Phi) is 6.33. The van der Waals surface area contributed by atoms with E-state index in [2.05, 4.69) is 0 Å². The Balaban J connectivity index is 1.84. The van der Waals surface area contributed by atoms with Crippen molar-refractivity contribution in [2.24, 2.45) is 39.4 Å². The number of carbonyl (C=O) groups is 3. The Hall–Kier alpha value is -1.86. The van der Waals surface area contributed by atoms with Gasteiger partial charge in [0, 0.05) is 22.7 Å². The number of carbonyl (C=O) groups excluding carboxylic acids is 3. The molecule has 0 radical (unpaired) electrons. The highest BCUT2D eigenvalue weighted by Crippen LogP contribution is 2.71. The Morgan fingerprint density at radius 3 is 2.35 bits per heavy atom. The molecule has 0 aromatic heterocycles. The Labute approximate surface area is 219 Å². The summed E-state index contributed by atoms with van der Waals surface area (Å²) in [6.45, 7) is 13.9. The number of aliphatic hydroxyl groups is 2. The van der Waals surface area contributed by atoms with Gasteiger partial charge in [-0.05, 0) is 69.9 Å². The van der Waals surface area contributed by atoms with Gasteiger partial charge >= 0.3 is 5.97 Å². The molecule has 37 heavy (non-hydrogen) atoms. The van der Waals surface area contributed by atoms with Crippen molar-refractivity contribution < 1.29 is 33.7 Å². The monoisotopic (exact) mass is 518 g/mol. The molecular formula is C30H43FO6. The fourth-order valence-corrected chi connectivity index (χ4v) is 8.10. The minimum atomic E-state index is -2.05. The van der Waals surface area contributed by atoms with E-state index < -0.39 is 69.2 Å². The third kappa shape index (κ3) is 3.38. The fourth-order valence-electron chi connectivity index (χ4n) is 8.10. The maximum Gasteiger partial charge on any atom is 0.313 e. The predicted molar refractivity (Wildman–Crippen MR) is 137 cm³/mol. The predicted octanol–water partition coefficient (Wildman–Crippen LogP) is 4.52. The van der Waals surface area contributed by atoms with Crippen LogP contribution in [0.2, 0.25) is 0 Å². The minimum Gasteiger partial charge on any atom is -0.450 e. The van der Waals surface area contributed by atoms with E-state index in [1.54, 1.807) is 26.8 Å². The zero-order valence-electron chi connectivity index (χ0n) is 23.5. The van der Waals surface area contributed by atoms with E-state index in [1.807, 2.05) is 34.6 Å². The molecule has 0 aromatic rings. The van der Waals surface area contributed by atoms with Crippen LogP contribution in [-0.4, -0.2) is 51.7 Å². The molecule has 3 fully saturated rings. The van der Waals surface area contributed by atoms with Crippen molar-refractivity contribution in [3.8, 4) is 0 Å². The van der Waals surface area contributed by atoms with Crippen molar-refractivity contribution in [3.05, 3.63) is 23.8 Å². The summed E-state index contributed by atoms with van der Waals surface area (Å²) in [4.78, 5) is 39.4. The van der Waals surface area contributed by atoms with Crippen molar-refractivity contribution in [3.63, 3.8) is 0 Å². The second kappa shape index (κ2) is 8.32. The number of halogens is 1. The molecule has 6 nitrogen and oxygen atoms in total. The Bertz CT molecular complexity index is 1080. The summed E-state index contributed by atoms with van der Waals surface area (Å²) >= 11 is 0. The molecule has 0 aromatic carbocycles. The molecule has 8 unspecified atom stereocenters. The van der Waals surface area contributed by atoms with Crippen LogP contribution in [0.25, 0.3) is 0 Å². The summed E-state index contributed by atoms with van der Waals surface area (Å²) in [5, 5.41) is 21.7. The first kappa shape index (κ1) is 28.2. The zero-order chi connectivity index (χ0) is 28.0. The standard InChI is InChI=1S/C30H43FO6/c1-17-13-21-20-10-9-18-14-19(33)11-12-27(18,7)29(20,31)22(34)15-28(21,8)30(17,23(35)16-32)37-24(36)26(5,6)25(2,3)4/h11-12,14,17,20-22,32,34H,9-10,13,15-16H2,1-8H3. The number of ketones is 2. The van der Waals surface area contributed by atoms with Crippen LogP contribution in [0, 0.1) is 39.4 Å². The Morgan fingerprint density at radius 1 is 1.16 bits per heavy atom. The van der Waals surface area contributed by atoms with Gasteiger partial charge in [0.05, 0.1) is 11.5 Å². The molecule has 4 aliphatic rings. The average molecular weight is 519 g/mol. The summed E-state index contributed by atoms with van der Waals surface area (Å²) < 4.78 is 23.7. The Morgan fingerprint density at radius 2 is 1.78 bits per heavy atom. The van der Waals surface area contributed by atoms with E-state index in [0.717, 1.165) is 0 Å². The number of Topliss-reactive ketones (excluding diaryl/α,β-unsaturated/α-hetero) is 1. The van der Waals surface area contributed by atoms with Gasteiger partial charge in [-0.2, -0.15) is 0 Å². The third-order valence-corrected chi connectivity index (χ3v) is 11.4. The molecular weight excluding hydrogens is 475 g/mol. The molecule has 3 saturated carbocycles. The first-order valence-corrected chi connectivity index (χ1v) is 13.5. The van der Waals surface area contributed by atoms with Crippen LogP contribution in [0.4, 0.5) is 4.39 Å².